The Kier molecular flexibility index (Phi) is 6.16. The van der Waals surface area contributed by atoms with Gasteiger partial charge in [0.25, 0.3) is 5.56 Å². The number of hydrogen-bond acceptors (Lipinski definition) is 4. The van der Waals surface area contributed by atoms with Crippen LogP contribution in [0.25, 0.3) is 22.2 Å². The highest BCUT2D eigenvalue weighted by Gasteiger charge is 2.18. The SMILES string of the molecule is CCOCCCn1c(SCC)nc2c(-c3ccccc3)cn(C)c2c1=O. The molecule has 138 valence electrons. The minimum Gasteiger partial charge on any atom is -0.382 e. The Morgan fingerprint density at radius 1 is 1.19 bits per heavy atom. The van der Waals surface area contributed by atoms with Crippen LogP contribution in [0.2, 0.25) is 0 Å². The number of benzene rings is 1. The zero-order valence-electron chi connectivity index (χ0n) is 15.6. The van der Waals surface area contributed by atoms with E-state index < -0.39 is 0 Å². The van der Waals surface area contributed by atoms with Gasteiger partial charge < -0.3 is 9.30 Å². The maximum atomic E-state index is 13.2. The van der Waals surface area contributed by atoms with E-state index in [4.69, 9.17) is 9.72 Å². The number of aromatic nitrogens is 3. The maximum absolute atomic E-state index is 13.2. The van der Waals surface area contributed by atoms with E-state index in [1.54, 1.807) is 16.3 Å². The van der Waals surface area contributed by atoms with Crippen LogP contribution in [0.3, 0.4) is 0 Å². The van der Waals surface area contributed by atoms with Crippen LogP contribution in [-0.4, -0.2) is 33.1 Å². The third kappa shape index (κ3) is 3.71. The molecule has 0 spiro atoms. The van der Waals surface area contributed by atoms with E-state index in [2.05, 4.69) is 19.1 Å². The molecule has 0 radical (unpaired) electrons. The molecule has 0 saturated heterocycles. The first-order valence-electron chi connectivity index (χ1n) is 9.03. The first kappa shape index (κ1) is 18.7. The monoisotopic (exact) mass is 371 g/mol. The van der Waals surface area contributed by atoms with Gasteiger partial charge >= 0.3 is 0 Å². The molecule has 0 bridgehead atoms. The van der Waals surface area contributed by atoms with Crippen LogP contribution in [0, 0.1) is 0 Å². The number of fused-ring (bicyclic) bond motifs is 1. The molecule has 0 unspecified atom stereocenters. The summed E-state index contributed by atoms with van der Waals surface area (Å²) in [5, 5.41) is 0.782. The standard InChI is InChI=1S/C20H25N3O2S/c1-4-25-13-9-12-23-19(24)18-17(21-20(23)26-5-2)16(14-22(18)3)15-10-7-6-8-11-15/h6-8,10-11,14H,4-5,9,12-13H2,1-3H3. The minimum absolute atomic E-state index is 0.0205. The lowest BCUT2D eigenvalue weighted by Gasteiger charge is -2.12. The molecule has 6 heteroatoms. The summed E-state index contributed by atoms with van der Waals surface area (Å²) in [6.07, 6.45) is 2.80. The summed E-state index contributed by atoms with van der Waals surface area (Å²) < 4.78 is 9.11. The molecule has 2 heterocycles. The lowest BCUT2D eigenvalue weighted by molar-refractivity contribution is 0.140. The highest BCUT2D eigenvalue weighted by Crippen LogP contribution is 2.29. The maximum Gasteiger partial charge on any atom is 0.278 e. The van der Waals surface area contributed by atoms with Gasteiger partial charge in [0.2, 0.25) is 0 Å². The Balaban J connectivity index is 2.12. The van der Waals surface area contributed by atoms with Crippen molar-refractivity contribution in [2.24, 2.45) is 7.05 Å². The molecule has 5 nitrogen and oxygen atoms in total. The van der Waals surface area contributed by atoms with Crippen LogP contribution in [0.5, 0.6) is 0 Å². The van der Waals surface area contributed by atoms with Gasteiger partial charge in [-0.15, -0.1) is 0 Å². The quantitative estimate of drug-likeness (QED) is 0.342. The van der Waals surface area contributed by atoms with Gasteiger partial charge in [-0.3, -0.25) is 9.36 Å². The van der Waals surface area contributed by atoms with E-state index in [-0.39, 0.29) is 5.56 Å². The van der Waals surface area contributed by atoms with Gasteiger partial charge in [0.05, 0.1) is 0 Å². The molecule has 2 aromatic heterocycles. The Bertz CT molecular complexity index is 932. The molecule has 0 N–H and O–H groups in total. The number of rotatable bonds is 8. The van der Waals surface area contributed by atoms with Gasteiger partial charge in [0.15, 0.2) is 5.16 Å². The largest absolute Gasteiger partial charge is 0.382 e. The van der Waals surface area contributed by atoms with Gasteiger partial charge in [0.1, 0.15) is 11.0 Å². The smallest absolute Gasteiger partial charge is 0.278 e. The number of nitrogens with zero attached hydrogens (tertiary/aromatic N) is 3. The van der Waals surface area contributed by atoms with E-state index in [1.807, 2.05) is 42.9 Å². The summed E-state index contributed by atoms with van der Waals surface area (Å²) in [7, 11) is 1.91. The number of hydrogen-bond donors (Lipinski definition) is 0. The van der Waals surface area contributed by atoms with E-state index in [0.717, 1.165) is 34.0 Å². The van der Waals surface area contributed by atoms with Crippen molar-refractivity contribution in [3.05, 3.63) is 46.9 Å². The molecular weight excluding hydrogens is 346 g/mol. The van der Waals surface area contributed by atoms with Crippen molar-refractivity contribution in [2.75, 3.05) is 19.0 Å². The molecule has 0 amide bonds. The first-order valence-corrected chi connectivity index (χ1v) is 10.0. The van der Waals surface area contributed by atoms with E-state index in [9.17, 15) is 4.79 Å². The van der Waals surface area contributed by atoms with Gasteiger partial charge in [0, 0.05) is 38.6 Å². The Hall–Kier alpha value is -2.05. The molecule has 0 aliphatic heterocycles. The van der Waals surface area contributed by atoms with Gasteiger partial charge in [-0.05, 0) is 24.7 Å². The van der Waals surface area contributed by atoms with E-state index in [0.29, 0.717) is 25.3 Å². The summed E-state index contributed by atoms with van der Waals surface area (Å²) >= 11 is 1.61. The predicted molar refractivity (Wildman–Crippen MR) is 108 cm³/mol. The van der Waals surface area contributed by atoms with Crippen LogP contribution in [-0.2, 0) is 18.3 Å². The fraction of sp³-hybridized carbons (Fsp3) is 0.400. The zero-order chi connectivity index (χ0) is 18.5. The molecule has 26 heavy (non-hydrogen) atoms. The van der Waals surface area contributed by atoms with Crippen LogP contribution in [0.15, 0.2) is 46.5 Å². The van der Waals surface area contributed by atoms with E-state index >= 15 is 0 Å². The lowest BCUT2D eigenvalue weighted by Crippen LogP contribution is -2.25. The lowest BCUT2D eigenvalue weighted by atomic mass is 10.1. The molecule has 0 aliphatic rings. The summed E-state index contributed by atoms with van der Waals surface area (Å²) in [5.41, 5.74) is 3.53. The predicted octanol–water partition coefficient (Wildman–Crippen LogP) is 3.94. The van der Waals surface area contributed by atoms with Gasteiger partial charge in [-0.1, -0.05) is 49.0 Å². The van der Waals surface area contributed by atoms with Gasteiger partial charge in [-0.2, -0.15) is 0 Å². The first-order chi connectivity index (χ1) is 12.7. The second-order valence-corrected chi connectivity index (χ2v) is 7.28. The molecule has 0 fully saturated rings. The Labute approximate surface area is 158 Å². The minimum atomic E-state index is 0.0205. The molecule has 0 saturated carbocycles. The molecule has 0 aliphatic carbocycles. The molecule has 3 aromatic rings. The molecule has 0 atom stereocenters. The highest BCUT2D eigenvalue weighted by molar-refractivity contribution is 7.99. The van der Waals surface area contributed by atoms with Crippen molar-refractivity contribution in [3.63, 3.8) is 0 Å². The van der Waals surface area contributed by atoms with Crippen molar-refractivity contribution in [2.45, 2.75) is 32.0 Å². The average molecular weight is 372 g/mol. The average Bonchev–Trinajstić information content (AvgIpc) is 2.98. The Morgan fingerprint density at radius 2 is 1.96 bits per heavy atom. The second kappa shape index (κ2) is 8.56. The van der Waals surface area contributed by atoms with Crippen molar-refractivity contribution in [1.29, 1.82) is 0 Å². The third-order valence-electron chi connectivity index (χ3n) is 4.27. The van der Waals surface area contributed by atoms with Crippen molar-refractivity contribution in [1.82, 2.24) is 14.1 Å². The second-order valence-electron chi connectivity index (χ2n) is 6.05. The topological polar surface area (TPSA) is 49.0 Å². The van der Waals surface area contributed by atoms with Crippen LogP contribution < -0.4 is 5.56 Å². The fourth-order valence-corrected chi connectivity index (χ4v) is 3.83. The van der Waals surface area contributed by atoms with E-state index in [1.165, 1.54) is 0 Å². The summed E-state index contributed by atoms with van der Waals surface area (Å²) in [6, 6.07) is 10.1. The summed E-state index contributed by atoms with van der Waals surface area (Å²) in [6.45, 7) is 6.03. The fourth-order valence-electron chi connectivity index (χ4n) is 3.08. The third-order valence-corrected chi connectivity index (χ3v) is 5.13. The van der Waals surface area contributed by atoms with Crippen molar-refractivity contribution < 1.29 is 4.74 Å². The van der Waals surface area contributed by atoms with Crippen molar-refractivity contribution >= 4 is 22.8 Å². The zero-order valence-corrected chi connectivity index (χ0v) is 16.4. The summed E-state index contributed by atoms with van der Waals surface area (Å²) in [4.78, 5) is 18.1. The molecule has 1 aromatic carbocycles. The molecular formula is C20H25N3O2S. The number of ether oxygens (including phenoxy) is 1. The number of aryl methyl sites for hydroxylation is 1. The molecule has 3 rings (SSSR count). The number of thioether (sulfide) groups is 1. The van der Waals surface area contributed by atoms with Crippen molar-refractivity contribution in [3.8, 4) is 11.1 Å². The van der Waals surface area contributed by atoms with Crippen LogP contribution in [0.1, 0.15) is 20.3 Å². The van der Waals surface area contributed by atoms with Gasteiger partial charge in [-0.25, -0.2) is 4.98 Å². The van der Waals surface area contributed by atoms with Crippen LogP contribution >= 0.6 is 11.8 Å². The van der Waals surface area contributed by atoms with Crippen LogP contribution in [0.4, 0.5) is 0 Å². The summed E-state index contributed by atoms with van der Waals surface area (Å²) in [5.74, 6) is 0.872. The highest BCUT2D eigenvalue weighted by atomic mass is 32.2. The normalized spacial score (nSPS) is 11.3. The Morgan fingerprint density at radius 3 is 2.65 bits per heavy atom.